The van der Waals surface area contributed by atoms with Crippen molar-refractivity contribution in [2.24, 2.45) is 0 Å². The number of carbonyl (C=O) groups excluding carboxylic acids is 1. The third-order valence-electron chi connectivity index (χ3n) is 4.48. The highest BCUT2D eigenvalue weighted by Crippen LogP contribution is 2.18. The van der Waals surface area contributed by atoms with Crippen molar-refractivity contribution in [2.75, 3.05) is 18.8 Å². The van der Waals surface area contributed by atoms with Gasteiger partial charge in [0.2, 0.25) is 5.91 Å². The van der Waals surface area contributed by atoms with Gasteiger partial charge in [0, 0.05) is 18.0 Å². The van der Waals surface area contributed by atoms with Crippen molar-refractivity contribution >= 4 is 17.7 Å². The first-order valence-electron chi connectivity index (χ1n) is 8.95. The fraction of sp³-hybridized carbons (Fsp3) is 0.381. The Morgan fingerprint density at radius 1 is 1.08 bits per heavy atom. The van der Waals surface area contributed by atoms with Crippen LogP contribution < -0.4 is 5.32 Å². The molecule has 0 aliphatic carbocycles. The number of hydrogen-bond acceptors (Lipinski definition) is 3. The summed E-state index contributed by atoms with van der Waals surface area (Å²) in [5.74, 6) is 0.534. The van der Waals surface area contributed by atoms with E-state index in [2.05, 4.69) is 65.7 Å². The fourth-order valence-electron chi connectivity index (χ4n) is 3.07. The van der Waals surface area contributed by atoms with Crippen LogP contribution in [0.25, 0.3) is 0 Å². The lowest BCUT2D eigenvalue weighted by molar-refractivity contribution is -0.118. The molecule has 1 saturated heterocycles. The summed E-state index contributed by atoms with van der Waals surface area (Å²) in [7, 11) is 0. The molecule has 1 amide bonds. The maximum Gasteiger partial charge on any atom is 0.230 e. The maximum absolute atomic E-state index is 12.1. The van der Waals surface area contributed by atoms with Crippen LogP contribution in [0.2, 0.25) is 0 Å². The molecule has 3 rings (SSSR count). The van der Waals surface area contributed by atoms with Gasteiger partial charge >= 0.3 is 0 Å². The summed E-state index contributed by atoms with van der Waals surface area (Å²) >= 11 is 1.58. The first-order chi connectivity index (χ1) is 12.2. The average molecular weight is 355 g/mol. The van der Waals surface area contributed by atoms with Crippen molar-refractivity contribution in [2.45, 2.75) is 37.8 Å². The number of hydrogen-bond donors (Lipinski definition) is 1. The summed E-state index contributed by atoms with van der Waals surface area (Å²) in [6.07, 6.45) is 2.63. The second-order valence-electron chi connectivity index (χ2n) is 6.68. The second-order valence-corrected chi connectivity index (χ2v) is 7.73. The number of aryl methyl sites for hydroxylation is 1. The van der Waals surface area contributed by atoms with E-state index in [-0.39, 0.29) is 5.91 Å². The highest BCUT2D eigenvalue weighted by Gasteiger charge is 2.11. The van der Waals surface area contributed by atoms with Gasteiger partial charge in [-0.15, -0.1) is 11.8 Å². The molecule has 0 unspecified atom stereocenters. The molecule has 132 valence electrons. The van der Waals surface area contributed by atoms with Gasteiger partial charge in [0.05, 0.1) is 5.75 Å². The first kappa shape index (κ1) is 18.0. The van der Waals surface area contributed by atoms with Crippen molar-refractivity contribution in [1.82, 2.24) is 10.2 Å². The van der Waals surface area contributed by atoms with Gasteiger partial charge in [0.1, 0.15) is 0 Å². The van der Waals surface area contributed by atoms with Gasteiger partial charge < -0.3 is 5.32 Å². The van der Waals surface area contributed by atoms with Gasteiger partial charge in [-0.25, -0.2) is 0 Å². The molecule has 0 atom stereocenters. The molecule has 0 radical (unpaired) electrons. The van der Waals surface area contributed by atoms with Crippen LogP contribution >= 0.6 is 11.8 Å². The minimum Gasteiger partial charge on any atom is -0.351 e. The Labute approximate surface area is 154 Å². The Kier molecular flexibility index (Phi) is 6.54. The number of benzene rings is 2. The van der Waals surface area contributed by atoms with Crippen LogP contribution in [0.1, 0.15) is 29.5 Å². The lowest BCUT2D eigenvalue weighted by atomic mass is 10.1. The van der Waals surface area contributed by atoms with E-state index in [1.807, 2.05) is 0 Å². The number of nitrogens with zero attached hydrogens (tertiary/aromatic N) is 1. The molecule has 0 bridgehead atoms. The molecule has 1 fully saturated rings. The Bertz CT molecular complexity index is 693. The standard InChI is InChI=1S/C21H26N2OS/c1-17-7-9-20(10-8-17)25-16-21(24)22-14-18-5-4-6-19(13-18)15-23-11-2-3-12-23/h4-10,13H,2-3,11-12,14-16H2,1H3,(H,22,24). The van der Waals surface area contributed by atoms with Crippen molar-refractivity contribution in [3.8, 4) is 0 Å². The van der Waals surface area contributed by atoms with Gasteiger partial charge in [-0.1, -0.05) is 42.0 Å². The van der Waals surface area contributed by atoms with E-state index < -0.39 is 0 Å². The quantitative estimate of drug-likeness (QED) is 0.763. The molecule has 1 aliphatic heterocycles. The summed E-state index contributed by atoms with van der Waals surface area (Å²) in [5.41, 5.74) is 3.75. The van der Waals surface area contributed by atoms with Crippen LogP contribution in [-0.4, -0.2) is 29.6 Å². The summed E-state index contributed by atoms with van der Waals surface area (Å²) < 4.78 is 0. The van der Waals surface area contributed by atoms with E-state index >= 15 is 0 Å². The van der Waals surface area contributed by atoms with Gasteiger partial charge in [-0.05, 0) is 56.1 Å². The molecule has 3 nitrogen and oxygen atoms in total. The van der Waals surface area contributed by atoms with Gasteiger partial charge in [-0.3, -0.25) is 9.69 Å². The van der Waals surface area contributed by atoms with E-state index in [0.717, 1.165) is 11.4 Å². The summed E-state index contributed by atoms with van der Waals surface area (Å²) in [5, 5.41) is 3.03. The topological polar surface area (TPSA) is 32.3 Å². The molecule has 25 heavy (non-hydrogen) atoms. The SMILES string of the molecule is Cc1ccc(SCC(=O)NCc2cccc(CN3CCCC3)c2)cc1. The van der Waals surface area contributed by atoms with E-state index in [0.29, 0.717) is 12.3 Å². The second kappa shape index (κ2) is 9.07. The minimum atomic E-state index is 0.0792. The van der Waals surface area contributed by atoms with Crippen molar-refractivity contribution in [3.63, 3.8) is 0 Å². The highest BCUT2D eigenvalue weighted by molar-refractivity contribution is 8.00. The average Bonchev–Trinajstić information content (AvgIpc) is 3.13. The molecule has 1 N–H and O–H groups in total. The van der Waals surface area contributed by atoms with E-state index in [9.17, 15) is 4.79 Å². The summed E-state index contributed by atoms with van der Waals surface area (Å²) in [6, 6.07) is 16.8. The summed E-state index contributed by atoms with van der Waals surface area (Å²) in [4.78, 5) is 15.7. The zero-order valence-electron chi connectivity index (χ0n) is 14.8. The van der Waals surface area contributed by atoms with E-state index in [1.165, 1.54) is 42.6 Å². The molecule has 0 aromatic heterocycles. The Hall–Kier alpha value is -1.78. The molecule has 2 aromatic carbocycles. The monoisotopic (exact) mass is 354 g/mol. The Morgan fingerprint density at radius 2 is 1.80 bits per heavy atom. The lowest BCUT2D eigenvalue weighted by Crippen LogP contribution is -2.24. The number of nitrogens with one attached hydrogen (secondary N) is 1. The van der Waals surface area contributed by atoms with Crippen molar-refractivity contribution in [1.29, 1.82) is 0 Å². The zero-order valence-corrected chi connectivity index (χ0v) is 15.6. The molecule has 1 heterocycles. The third kappa shape index (κ3) is 5.91. The largest absolute Gasteiger partial charge is 0.351 e. The number of thioether (sulfide) groups is 1. The Balaban J connectivity index is 1.44. The molecular formula is C21H26N2OS. The predicted octanol–water partition coefficient (Wildman–Crippen LogP) is 4.00. The maximum atomic E-state index is 12.1. The zero-order chi connectivity index (χ0) is 17.5. The van der Waals surface area contributed by atoms with Gasteiger partial charge in [0.15, 0.2) is 0 Å². The van der Waals surface area contributed by atoms with Crippen LogP contribution in [0.5, 0.6) is 0 Å². The van der Waals surface area contributed by atoms with E-state index in [1.54, 1.807) is 11.8 Å². The molecule has 0 spiro atoms. The summed E-state index contributed by atoms with van der Waals surface area (Å²) in [6.45, 7) is 6.10. The third-order valence-corrected chi connectivity index (χ3v) is 5.49. The van der Waals surface area contributed by atoms with Crippen LogP contribution in [0, 0.1) is 6.92 Å². The highest BCUT2D eigenvalue weighted by atomic mass is 32.2. The van der Waals surface area contributed by atoms with Crippen LogP contribution in [0.3, 0.4) is 0 Å². The van der Waals surface area contributed by atoms with Gasteiger partial charge in [-0.2, -0.15) is 0 Å². The molecule has 0 saturated carbocycles. The van der Waals surface area contributed by atoms with Crippen LogP contribution in [0.15, 0.2) is 53.4 Å². The van der Waals surface area contributed by atoms with Crippen molar-refractivity contribution < 1.29 is 4.79 Å². The number of likely N-dealkylation sites (tertiary alicyclic amines) is 1. The van der Waals surface area contributed by atoms with Crippen LogP contribution in [-0.2, 0) is 17.9 Å². The molecule has 4 heteroatoms. The molecule has 2 aromatic rings. The van der Waals surface area contributed by atoms with E-state index in [4.69, 9.17) is 0 Å². The Morgan fingerprint density at radius 3 is 2.56 bits per heavy atom. The number of rotatable bonds is 7. The predicted molar refractivity (Wildman–Crippen MR) is 105 cm³/mol. The number of carbonyl (C=O) groups is 1. The number of amides is 1. The lowest BCUT2D eigenvalue weighted by Gasteiger charge is -2.15. The van der Waals surface area contributed by atoms with Crippen molar-refractivity contribution in [3.05, 3.63) is 65.2 Å². The molecular weight excluding hydrogens is 328 g/mol. The molecule has 1 aliphatic rings. The first-order valence-corrected chi connectivity index (χ1v) is 9.94. The minimum absolute atomic E-state index is 0.0792. The van der Waals surface area contributed by atoms with Gasteiger partial charge in [0.25, 0.3) is 0 Å². The smallest absolute Gasteiger partial charge is 0.230 e. The normalized spacial score (nSPS) is 14.6. The fourth-order valence-corrected chi connectivity index (χ4v) is 3.80. The van der Waals surface area contributed by atoms with Crippen LogP contribution in [0.4, 0.5) is 0 Å².